The summed E-state index contributed by atoms with van der Waals surface area (Å²) in [5.74, 6) is -1.81. The van der Waals surface area contributed by atoms with Gasteiger partial charge in [-0.2, -0.15) is 0 Å². The van der Waals surface area contributed by atoms with Crippen molar-refractivity contribution >= 4 is 22.1 Å². The summed E-state index contributed by atoms with van der Waals surface area (Å²) in [6.45, 7) is 7.80. The molecule has 55 heavy (non-hydrogen) atoms. The molecule has 1 rings (SSSR count). The van der Waals surface area contributed by atoms with E-state index in [0.29, 0.717) is 12.8 Å². The summed E-state index contributed by atoms with van der Waals surface area (Å²) in [5, 5.41) is 0. The Balaban J connectivity index is 0.0000292. The Bertz CT molecular complexity index is 1220. The van der Waals surface area contributed by atoms with Crippen LogP contribution in [-0.2, 0) is 19.6 Å². The van der Waals surface area contributed by atoms with Crippen LogP contribution in [0.4, 0.5) is 0 Å². The number of ether oxygens (including phenoxy) is 2. The minimum absolute atomic E-state index is 0. The molecule has 0 aliphatic carbocycles. The topological polar surface area (TPSA) is 110 Å². The van der Waals surface area contributed by atoms with Gasteiger partial charge in [-0.05, 0) is 50.7 Å². The average molecular weight is 797 g/mol. The van der Waals surface area contributed by atoms with Crippen LogP contribution in [0.15, 0.2) is 48.4 Å². The summed E-state index contributed by atoms with van der Waals surface area (Å²) in [4.78, 5) is 25.2. The number of allylic oxidation sites excluding steroid dienone is 2. The van der Waals surface area contributed by atoms with Gasteiger partial charge in [0.1, 0.15) is 10.1 Å². The number of benzene rings is 1. The van der Waals surface area contributed by atoms with Gasteiger partial charge in [0.25, 0.3) is 0 Å². The first-order chi connectivity index (χ1) is 26.3. The summed E-state index contributed by atoms with van der Waals surface area (Å²) in [5.41, 5.74) is -0.778. The number of rotatable bonds is 39. The fourth-order valence-electron chi connectivity index (χ4n) is 6.98. The monoisotopic (exact) mass is 797 g/mol. The van der Waals surface area contributed by atoms with E-state index in [0.717, 1.165) is 57.4 Å². The van der Waals surface area contributed by atoms with Gasteiger partial charge in [0.05, 0.1) is 29.2 Å². The van der Waals surface area contributed by atoms with Crippen LogP contribution in [0.2, 0.25) is 0 Å². The molecule has 310 valence electrons. The summed E-state index contributed by atoms with van der Waals surface area (Å²) < 4.78 is 46.7. The molecule has 0 fully saturated rings. The summed E-state index contributed by atoms with van der Waals surface area (Å²) in [7, 11) is -5.01. The molecule has 0 radical (unpaired) electrons. The van der Waals surface area contributed by atoms with Gasteiger partial charge in [0.2, 0.25) is 0 Å². The van der Waals surface area contributed by atoms with Crippen molar-refractivity contribution in [1.29, 1.82) is 0 Å². The van der Waals surface area contributed by atoms with Crippen LogP contribution < -0.4 is 29.6 Å². The maximum Gasteiger partial charge on any atom is 1.00 e. The molecule has 0 saturated heterocycles. The van der Waals surface area contributed by atoms with Gasteiger partial charge in [0, 0.05) is 0 Å². The van der Waals surface area contributed by atoms with Gasteiger partial charge in [0.15, 0.2) is 0 Å². The van der Waals surface area contributed by atoms with Crippen molar-refractivity contribution < 1.29 is 61.6 Å². The molecule has 0 bridgehead atoms. The van der Waals surface area contributed by atoms with Gasteiger partial charge in [-0.15, -0.1) is 13.2 Å². The second-order valence-electron chi connectivity index (χ2n) is 15.2. The third kappa shape index (κ3) is 30.3. The second-order valence-corrected chi connectivity index (χ2v) is 16.5. The molecule has 0 amide bonds. The van der Waals surface area contributed by atoms with Crippen LogP contribution in [0.25, 0.3) is 0 Å². The van der Waals surface area contributed by atoms with Gasteiger partial charge in [-0.25, -0.2) is 18.0 Å². The Morgan fingerprint density at radius 1 is 0.491 bits per heavy atom. The molecular weight excluding hydrogens is 720 g/mol. The van der Waals surface area contributed by atoms with E-state index in [1.165, 1.54) is 153 Å². The SMILES string of the molecule is C=CCCCCCCCCCCCCCCCCCOC(=O)c1cccc(S(=O)(=O)[O-])c1C(=O)OCCCCCCCCCCCCCCCCCC=C.[Na+]. The quantitative estimate of drug-likeness (QED) is 0.0214. The van der Waals surface area contributed by atoms with Crippen molar-refractivity contribution in [2.24, 2.45) is 0 Å². The van der Waals surface area contributed by atoms with Gasteiger partial charge in [-0.1, -0.05) is 185 Å². The standard InChI is InChI=1S/C46H78O7S.Na/c1-3-5-7-9-11-13-15-17-19-21-23-25-27-29-31-33-35-40-52-45(47)42-38-37-39-43(54(49,50)51)44(42)46(48)53-41-36-34-32-30-28-26-24-22-20-18-16-14-12-10-8-6-4-2;/h3-4,37-39H,1-2,5-36,40-41H2,(H,49,50,51);/q;+1/p-1. The molecule has 0 aliphatic heterocycles. The number of carbonyl (C=O) groups is 2. The molecule has 0 heterocycles. The minimum atomic E-state index is -5.01. The Labute approximate surface area is 359 Å². The Morgan fingerprint density at radius 2 is 0.782 bits per heavy atom. The van der Waals surface area contributed by atoms with Gasteiger partial charge >= 0.3 is 41.5 Å². The number of carbonyl (C=O) groups excluding carboxylic acids is 2. The molecule has 0 N–H and O–H groups in total. The molecule has 0 saturated carbocycles. The van der Waals surface area contributed by atoms with Crippen LogP contribution in [0.3, 0.4) is 0 Å². The van der Waals surface area contributed by atoms with E-state index in [1.54, 1.807) is 0 Å². The van der Waals surface area contributed by atoms with E-state index in [4.69, 9.17) is 9.47 Å². The van der Waals surface area contributed by atoms with E-state index in [2.05, 4.69) is 13.2 Å². The number of hydrogen-bond donors (Lipinski definition) is 0. The van der Waals surface area contributed by atoms with Crippen molar-refractivity contribution in [3.63, 3.8) is 0 Å². The Kier molecular flexibility index (Phi) is 37.1. The maximum absolute atomic E-state index is 13.0. The molecule has 9 heteroatoms. The van der Waals surface area contributed by atoms with Crippen LogP contribution in [-0.4, -0.2) is 38.1 Å². The maximum atomic E-state index is 13.0. The minimum Gasteiger partial charge on any atom is -0.744 e. The molecule has 7 nitrogen and oxygen atoms in total. The third-order valence-electron chi connectivity index (χ3n) is 10.3. The largest absolute Gasteiger partial charge is 1.00 e. The zero-order valence-electron chi connectivity index (χ0n) is 35.1. The molecule has 0 spiro atoms. The van der Waals surface area contributed by atoms with Crippen LogP contribution >= 0.6 is 0 Å². The number of esters is 2. The molecule has 0 aliphatic rings. The molecule has 1 aromatic rings. The first-order valence-corrected chi connectivity index (χ1v) is 23.4. The third-order valence-corrected chi connectivity index (χ3v) is 11.2. The normalized spacial score (nSPS) is 11.2. The van der Waals surface area contributed by atoms with Crippen LogP contribution in [0, 0.1) is 0 Å². The summed E-state index contributed by atoms with van der Waals surface area (Å²) >= 11 is 0. The van der Waals surface area contributed by atoms with E-state index in [-0.39, 0.29) is 48.3 Å². The fourth-order valence-corrected chi connectivity index (χ4v) is 7.67. The molecule has 1 aromatic carbocycles. The summed E-state index contributed by atoms with van der Waals surface area (Å²) in [6, 6.07) is 3.63. The van der Waals surface area contributed by atoms with Crippen molar-refractivity contribution in [2.75, 3.05) is 13.2 Å². The zero-order valence-corrected chi connectivity index (χ0v) is 37.9. The van der Waals surface area contributed by atoms with Gasteiger partial charge < -0.3 is 14.0 Å². The van der Waals surface area contributed by atoms with Crippen molar-refractivity contribution in [3.05, 3.63) is 54.6 Å². The van der Waals surface area contributed by atoms with E-state index < -0.39 is 32.5 Å². The molecule has 0 atom stereocenters. The van der Waals surface area contributed by atoms with E-state index in [9.17, 15) is 22.6 Å². The number of hydrogen-bond acceptors (Lipinski definition) is 7. The van der Waals surface area contributed by atoms with Crippen molar-refractivity contribution in [1.82, 2.24) is 0 Å². The van der Waals surface area contributed by atoms with Crippen molar-refractivity contribution in [3.8, 4) is 0 Å². The molecule has 0 aromatic heterocycles. The van der Waals surface area contributed by atoms with Crippen molar-refractivity contribution in [2.45, 2.75) is 210 Å². The Morgan fingerprint density at radius 3 is 1.09 bits per heavy atom. The predicted octanol–water partition coefficient (Wildman–Crippen LogP) is 10.8. The average Bonchev–Trinajstić information content (AvgIpc) is 3.16. The predicted molar refractivity (Wildman–Crippen MR) is 223 cm³/mol. The molecular formula is C46H77NaO7S. The second kappa shape index (κ2) is 38.1. The smallest absolute Gasteiger partial charge is 0.744 e. The number of unbranched alkanes of at least 4 members (excludes halogenated alkanes) is 30. The summed E-state index contributed by atoms with van der Waals surface area (Å²) in [6.07, 6.45) is 42.5. The van der Waals surface area contributed by atoms with Gasteiger partial charge in [-0.3, -0.25) is 0 Å². The van der Waals surface area contributed by atoms with E-state index in [1.807, 2.05) is 12.2 Å². The molecule has 0 unspecified atom stereocenters. The first-order valence-electron chi connectivity index (χ1n) is 22.0. The Hall–Kier alpha value is -1.45. The first kappa shape index (κ1) is 53.6. The van der Waals surface area contributed by atoms with Crippen LogP contribution in [0.1, 0.15) is 226 Å². The fraction of sp³-hybridized carbons (Fsp3) is 0.739. The van der Waals surface area contributed by atoms with Crippen LogP contribution in [0.5, 0.6) is 0 Å². The zero-order chi connectivity index (χ0) is 39.4. The van der Waals surface area contributed by atoms with E-state index >= 15 is 0 Å².